The van der Waals surface area contributed by atoms with Crippen molar-refractivity contribution in [2.75, 3.05) is 20.1 Å². The van der Waals surface area contributed by atoms with Crippen LogP contribution in [0.1, 0.15) is 45.4 Å². The highest BCUT2D eigenvalue weighted by Gasteiger charge is 2.15. The second kappa shape index (κ2) is 6.84. The van der Waals surface area contributed by atoms with Gasteiger partial charge < -0.3 is 4.90 Å². The molecular weight excluding hydrogens is 238 g/mol. The minimum atomic E-state index is 0.663. The zero-order chi connectivity index (χ0) is 10.4. The minimum absolute atomic E-state index is 0.663. The summed E-state index contributed by atoms with van der Waals surface area (Å²) in [5.41, 5.74) is 0. The van der Waals surface area contributed by atoms with E-state index in [0.29, 0.717) is 4.83 Å². The van der Waals surface area contributed by atoms with Gasteiger partial charge in [0.05, 0.1) is 0 Å². The van der Waals surface area contributed by atoms with Gasteiger partial charge in [0.25, 0.3) is 0 Å². The van der Waals surface area contributed by atoms with E-state index in [4.69, 9.17) is 0 Å². The highest BCUT2D eigenvalue weighted by molar-refractivity contribution is 9.09. The van der Waals surface area contributed by atoms with Gasteiger partial charge in [-0.3, -0.25) is 0 Å². The van der Waals surface area contributed by atoms with E-state index in [1.807, 2.05) is 0 Å². The van der Waals surface area contributed by atoms with E-state index in [2.05, 4.69) is 34.8 Å². The van der Waals surface area contributed by atoms with E-state index in [1.54, 1.807) is 0 Å². The summed E-state index contributed by atoms with van der Waals surface area (Å²) < 4.78 is 0. The van der Waals surface area contributed by atoms with Crippen molar-refractivity contribution in [3.63, 3.8) is 0 Å². The Labute approximate surface area is 97.4 Å². The van der Waals surface area contributed by atoms with Crippen molar-refractivity contribution < 1.29 is 0 Å². The summed E-state index contributed by atoms with van der Waals surface area (Å²) in [7, 11) is 2.27. The summed E-state index contributed by atoms with van der Waals surface area (Å²) in [5.74, 6) is 0.986. The molecule has 1 atom stereocenters. The molecule has 0 aliphatic heterocycles. The zero-order valence-electron chi connectivity index (χ0n) is 9.64. The molecule has 1 aliphatic carbocycles. The highest BCUT2D eigenvalue weighted by atomic mass is 79.9. The molecule has 1 nitrogen and oxygen atoms in total. The first-order valence-corrected chi connectivity index (χ1v) is 6.92. The number of hydrogen-bond donors (Lipinski definition) is 0. The maximum absolute atomic E-state index is 3.60. The van der Waals surface area contributed by atoms with Gasteiger partial charge in [0.2, 0.25) is 0 Å². The van der Waals surface area contributed by atoms with Gasteiger partial charge in [-0.25, -0.2) is 0 Å². The van der Waals surface area contributed by atoms with Gasteiger partial charge >= 0.3 is 0 Å². The Morgan fingerprint density at radius 2 is 1.93 bits per heavy atom. The van der Waals surface area contributed by atoms with Crippen molar-refractivity contribution in [3.8, 4) is 0 Å². The Balaban J connectivity index is 2.09. The molecule has 1 fully saturated rings. The van der Waals surface area contributed by atoms with Gasteiger partial charge in [-0.05, 0) is 38.8 Å². The van der Waals surface area contributed by atoms with E-state index in [-0.39, 0.29) is 0 Å². The van der Waals surface area contributed by atoms with E-state index in [0.717, 1.165) is 5.92 Å². The van der Waals surface area contributed by atoms with Crippen molar-refractivity contribution in [1.82, 2.24) is 4.90 Å². The lowest BCUT2D eigenvalue weighted by atomic mass is 9.89. The Morgan fingerprint density at radius 3 is 2.50 bits per heavy atom. The molecule has 1 saturated carbocycles. The lowest BCUT2D eigenvalue weighted by Gasteiger charge is -2.27. The third-order valence-electron chi connectivity index (χ3n) is 3.20. The number of hydrogen-bond acceptors (Lipinski definition) is 1. The molecular formula is C12H24BrN. The predicted octanol–water partition coefficient (Wildman–Crippen LogP) is 3.67. The molecule has 1 aliphatic rings. The summed E-state index contributed by atoms with van der Waals surface area (Å²) >= 11 is 3.60. The molecule has 0 radical (unpaired) electrons. The van der Waals surface area contributed by atoms with Crippen LogP contribution in [0, 0.1) is 5.92 Å². The van der Waals surface area contributed by atoms with Crippen LogP contribution < -0.4 is 0 Å². The Bertz CT molecular complexity index is 141. The first kappa shape index (κ1) is 12.5. The first-order valence-electron chi connectivity index (χ1n) is 6.01. The van der Waals surface area contributed by atoms with E-state index >= 15 is 0 Å². The average Bonchev–Trinajstić information content (AvgIpc) is 2.16. The molecule has 14 heavy (non-hydrogen) atoms. The first-order chi connectivity index (χ1) is 6.68. The molecule has 0 saturated heterocycles. The minimum Gasteiger partial charge on any atom is -0.306 e. The lowest BCUT2D eigenvalue weighted by molar-refractivity contribution is 0.232. The maximum Gasteiger partial charge on any atom is 0.0129 e. The maximum atomic E-state index is 3.60. The Kier molecular flexibility index (Phi) is 6.11. The lowest BCUT2D eigenvalue weighted by Crippen LogP contribution is -2.28. The summed E-state index contributed by atoms with van der Waals surface area (Å²) in [6.07, 6.45) is 8.60. The van der Waals surface area contributed by atoms with Crippen molar-refractivity contribution in [2.45, 2.75) is 50.3 Å². The smallest absolute Gasteiger partial charge is 0.0129 e. The van der Waals surface area contributed by atoms with Crippen LogP contribution >= 0.6 is 15.9 Å². The van der Waals surface area contributed by atoms with E-state index in [9.17, 15) is 0 Å². The molecule has 84 valence electrons. The molecule has 0 spiro atoms. The summed E-state index contributed by atoms with van der Waals surface area (Å²) in [6.45, 7) is 4.79. The SMILES string of the molecule is CC(Br)CCN(C)CC1CCCCC1. The van der Waals surface area contributed by atoms with Gasteiger partial charge in [-0.15, -0.1) is 0 Å². The molecule has 1 unspecified atom stereocenters. The molecule has 0 aromatic heterocycles. The van der Waals surface area contributed by atoms with Crippen LogP contribution in [0.2, 0.25) is 0 Å². The zero-order valence-corrected chi connectivity index (χ0v) is 11.2. The van der Waals surface area contributed by atoms with Gasteiger partial charge in [0.15, 0.2) is 0 Å². The number of nitrogens with zero attached hydrogens (tertiary/aromatic N) is 1. The van der Waals surface area contributed by atoms with Crippen molar-refractivity contribution in [3.05, 3.63) is 0 Å². The van der Waals surface area contributed by atoms with Gasteiger partial charge in [0.1, 0.15) is 0 Å². The topological polar surface area (TPSA) is 3.24 Å². The Morgan fingerprint density at radius 1 is 1.29 bits per heavy atom. The average molecular weight is 262 g/mol. The van der Waals surface area contributed by atoms with Crippen LogP contribution in [-0.2, 0) is 0 Å². The second-order valence-corrected chi connectivity index (χ2v) is 6.40. The molecule has 0 heterocycles. The second-order valence-electron chi connectivity index (χ2n) is 4.84. The van der Waals surface area contributed by atoms with Crippen molar-refractivity contribution in [1.29, 1.82) is 0 Å². The van der Waals surface area contributed by atoms with Crippen LogP contribution in [0.15, 0.2) is 0 Å². The van der Waals surface area contributed by atoms with Crippen molar-refractivity contribution in [2.24, 2.45) is 5.92 Å². The normalized spacial score (nSPS) is 21.4. The molecule has 0 aromatic carbocycles. The Hall–Kier alpha value is 0.440. The quantitative estimate of drug-likeness (QED) is 0.683. The van der Waals surface area contributed by atoms with E-state index in [1.165, 1.54) is 51.6 Å². The number of rotatable bonds is 5. The molecule has 0 N–H and O–H groups in total. The van der Waals surface area contributed by atoms with Crippen molar-refractivity contribution >= 4 is 15.9 Å². The summed E-state index contributed by atoms with van der Waals surface area (Å²) in [5, 5.41) is 0. The number of alkyl halides is 1. The number of halogens is 1. The van der Waals surface area contributed by atoms with Crippen LogP contribution in [0.25, 0.3) is 0 Å². The van der Waals surface area contributed by atoms with Crippen LogP contribution in [0.5, 0.6) is 0 Å². The molecule has 0 bridgehead atoms. The molecule has 1 rings (SSSR count). The fourth-order valence-electron chi connectivity index (χ4n) is 2.30. The van der Waals surface area contributed by atoms with Gasteiger partial charge in [0, 0.05) is 11.4 Å². The largest absolute Gasteiger partial charge is 0.306 e. The molecule has 2 heteroatoms. The fraction of sp³-hybridized carbons (Fsp3) is 1.00. The van der Waals surface area contributed by atoms with E-state index < -0.39 is 0 Å². The molecule has 0 amide bonds. The summed E-state index contributed by atoms with van der Waals surface area (Å²) in [6, 6.07) is 0. The third kappa shape index (κ3) is 5.35. The fourth-order valence-corrected chi connectivity index (χ4v) is 2.50. The summed E-state index contributed by atoms with van der Waals surface area (Å²) in [4.78, 5) is 3.17. The monoisotopic (exact) mass is 261 g/mol. The molecule has 0 aromatic rings. The standard InChI is InChI=1S/C12H24BrN/c1-11(13)8-9-14(2)10-12-6-4-3-5-7-12/h11-12H,3-10H2,1-2H3. The van der Waals surface area contributed by atoms with Crippen LogP contribution in [0.3, 0.4) is 0 Å². The highest BCUT2D eigenvalue weighted by Crippen LogP contribution is 2.24. The van der Waals surface area contributed by atoms with Crippen LogP contribution in [-0.4, -0.2) is 29.9 Å². The predicted molar refractivity (Wildman–Crippen MR) is 67.1 cm³/mol. The van der Waals surface area contributed by atoms with Crippen LogP contribution in [0.4, 0.5) is 0 Å². The van der Waals surface area contributed by atoms with Gasteiger partial charge in [-0.1, -0.05) is 42.1 Å². The third-order valence-corrected chi connectivity index (χ3v) is 3.66. The van der Waals surface area contributed by atoms with Gasteiger partial charge in [-0.2, -0.15) is 0 Å².